The number of hydrogen-bond acceptors (Lipinski definition) is 6. The summed E-state index contributed by atoms with van der Waals surface area (Å²) in [6, 6.07) is 3.63. The maximum atomic E-state index is 11.7. The Hall–Kier alpha value is -2.57. The van der Waals surface area contributed by atoms with Gasteiger partial charge in [0, 0.05) is 11.6 Å². The lowest BCUT2D eigenvalue weighted by Gasteiger charge is -2.03. The molecule has 94 valence electrons. The highest BCUT2D eigenvalue weighted by Gasteiger charge is 2.10. The molecule has 7 heteroatoms. The third-order valence-electron chi connectivity index (χ3n) is 2.13. The molecule has 0 fully saturated rings. The molecule has 2 rings (SSSR count). The minimum absolute atomic E-state index is 0.0795. The van der Waals surface area contributed by atoms with E-state index in [1.807, 2.05) is 0 Å². The second kappa shape index (κ2) is 4.74. The summed E-state index contributed by atoms with van der Waals surface area (Å²) >= 11 is 0. The van der Waals surface area contributed by atoms with Gasteiger partial charge in [-0.15, -0.1) is 0 Å². The van der Waals surface area contributed by atoms with Gasteiger partial charge in [-0.05, 0) is 19.1 Å². The number of aromatic nitrogens is 2. The fourth-order valence-electron chi connectivity index (χ4n) is 1.40. The van der Waals surface area contributed by atoms with Gasteiger partial charge in [-0.25, -0.2) is 0 Å². The molecule has 0 atom stereocenters. The Labute approximate surface area is 102 Å². The fourth-order valence-corrected chi connectivity index (χ4v) is 1.40. The molecule has 2 aromatic rings. The summed E-state index contributed by atoms with van der Waals surface area (Å²) in [7, 11) is 0. The van der Waals surface area contributed by atoms with E-state index in [4.69, 9.17) is 4.52 Å². The molecule has 0 spiro atoms. The molecule has 1 aromatic heterocycles. The molecule has 1 heterocycles. The van der Waals surface area contributed by atoms with Crippen LogP contribution in [0.2, 0.25) is 0 Å². The Morgan fingerprint density at radius 2 is 2.00 bits per heavy atom. The van der Waals surface area contributed by atoms with Crippen LogP contribution in [0.3, 0.4) is 0 Å². The second-order valence-corrected chi connectivity index (χ2v) is 3.66. The van der Waals surface area contributed by atoms with Gasteiger partial charge in [0.2, 0.25) is 5.89 Å². The number of benzene rings is 1. The van der Waals surface area contributed by atoms with Gasteiger partial charge in [0.25, 0.3) is 5.91 Å². The van der Waals surface area contributed by atoms with E-state index in [1.165, 1.54) is 12.1 Å². The molecule has 0 unspecified atom stereocenters. The van der Waals surface area contributed by atoms with Gasteiger partial charge in [0.05, 0.1) is 6.54 Å². The molecular weight excluding hydrogens is 238 g/mol. The summed E-state index contributed by atoms with van der Waals surface area (Å²) in [5.41, 5.74) is 0.142. The molecule has 0 aliphatic carbocycles. The van der Waals surface area contributed by atoms with Crippen LogP contribution in [0.1, 0.15) is 22.1 Å². The SMILES string of the molecule is Cc1noc(CNC(=O)c2cc(O)cc(O)c2)n1. The smallest absolute Gasteiger partial charge is 0.251 e. The maximum Gasteiger partial charge on any atom is 0.251 e. The highest BCUT2D eigenvalue weighted by atomic mass is 16.5. The Kier molecular flexibility index (Phi) is 3.13. The van der Waals surface area contributed by atoms with E-state index in [0.29, 0.717) is 5.82 Å². The van der Waals surface area contributed by atoms with Crippen LogP contribution in [0.15, 0.2) is 22.7 Å². The molecule has 7 nitrogen and oxygen atoms in total. The number of nitrogens with one attached hydrogen (secondary N) is 1. The van der Waals surface area contributed by atoms with E-state index in [1.54, 1.807) is 6.92 Å². The lowest BCUT2D eigenvalue weighted by atomic mass is 10.2. The minimum Gasteiger partial charge on any atom is -0.508 e. The van der Waals surface area contributed by atoms with E-state index in [-0.39, 0.29) is 29.5 Å². The predicted molar refractivity (Wildman–Crippen MR) is 60.0 cm³/mol. The van der Waals surface area contributed by atoms with Gasteiger partial charge < -0.3 is 20.1 Å². The minimum atomic E-state index is -0.461. The van der Waals surface area contributed by atoms with Crippen molar-refractivity contribution < 1.29 is 19.5 Å². The first-order chi connectivity index (χ1) is 8.54. The molecule has 0 radical (unpaired) electrons. The van der Waals surface area contributed by atoms with E-state index in [2.05, 4.69) is 15.5 Å². The molecular formula is C11H11N3O4. The zero-order valence-corrected chi connectivity index (χ0v) is 9.54. The van der Waals surface area contributed by atoms with Gasteiger partial charge in [0.1, 0.15) is 11.5 Å². The number of phenolic OH excluding ortho intramolecular Hbond substituents is 2. The van der Waals surface area contributed by atoms with Gasteiger partial charge >= 0.3 is 0 Å². The summed E-state index contributed by atoms with van der Waals surface area (Å²) in [6.07, 6.45) is 0. The van der Waals surface area contributed by atoms with Gasteiger partial charge in [-0.2, -0.15) is 4.98 Å². The number of phenols is 2. The van der Waals surface area contributed by atoms with Gasteiger partial charge in [-0.1, -0.05) is 5.16 Å². The molecule has 1 amide bonds. The summed E-state index contributed by atoms with van der Waals surface area (Å²) < 4.78 is 4.82. The summed E-state index contributed by atoms with van der Waals surface area (Å²) in [6.45, 7) is 1.75. The van der Waals surface area contributed by atoms with Crippen molar-refractivity contribution in [3.63, 3.8) is 0 Å². The average molecular weight is 249 g/mol. The highest BCUT2D eigenvalue weighted by molar-refractivity contribution is 5.94. The molecule has 18 heavy (non-hydrogen) atoms. The van der Waals surface area contributed by atoms with E-state index < -0.39 is 5.91 Å². The number of rotatable bonds is 3. The lowest BCUT2D eigenvalue weighted by molar-refractivity contribution is 0.0945. The zero-order valence-electron chi connectivity index (χ0n) is 9.54. The van der Waals surface area contributed by atoms with E-state index in [9.17, 15) is 15.0 Å². The van der Waals surface area contributed by atoms with Crippen molar-refractivity contribution in [1.82, 2.24) is 15.5 Å². The second-order valence-electron chi connectivity index (χ2n) is 3.66. The molecule has 1 aromatic carbocycles. The Morgan fingerprint density at radius 3 is 2.56 bits per heavy atom. The largest absolute Gasteiger partial charge is 0.508 e. The topological polar surface area (TPSA) is 108 Å². The molecule has 0 aliphatic rings. The van der Waals surface area contributed by atoms with Crippen LogP contribution in [0.5, 0.6) is 11.5 Å². The van der Waals surface area contributed by atoms with E-state index in [0.717, 1.165) is 6.07 Å². The van der Waals surface area contributed by atoms with E-state index >= 15 is 0 Å². The molecule has 0 bridgehead atoms. The Morgan fingerprint density at radius 1 is 1.33 bits per heavy atom. The van der Waals surface area contributed by atoms with Crippen LogP contribution in [0.4, 0.5) is 0 Å². The van der Waals surface area contributed by atoms with Crippen molar-refractivity contribution in [3.8, 4) is 11.5 Å². The van der Waals surface area contributed by atoms with Gasteiger partial charge in [0.15, 0.2) is 5.82 Å². The van der Waals surface area contributed by atoms with Crippen molar-refractivity contribution in [1.29, 1.82) is 0 Å². The number of carbonyl (C=O) groups is 1. The van der Waals surface area contributed by atoms with Crippen molar-refractivity contribution in [2.24, 2.45) is 0 Å². The van der Waals surface area contributed by atoms with Crippen molar-refractivity contribution in [3.05, 3.63) is 35.5 Å². The summed E-state index contributed by atoms with van der Waals surface area (Å²) in [5, 5.41) is 24.6. The number of aryl methyl sites for hydroxylation is 1. The number of nitrogens with zero attached hydrogens (tertiary/aromatic N) is 2. The van der Waals surface area contributed by atoms with Crippen LogP contribution < -0.4 is 5.32 Å². The van der Waals surface area contributed by atoms with Crippen molar-refractivity contribution in [2.45, 2.75) is 13.5 Å². The first kappa shape index (κ1) is 11.9. The average Bonchev–Trinajstić information content (AvgIpc) is 2.70. The molecule has 3 N–H and O–H groups in total. The number of hydrogen-bond donors (Lipinski definition) is 3. The molecule has 0 saturated carbocycles. The van der Waals surface area contributed by atoms with Crippen LogP contribution in [0, 0.1) is 6.92 Å². The molecule has 0 saturated heterocycles. The summed E-state index contributed by atoms with van der Waals surface area (Å²) in [4.78, 5) is 15.6. The first-order valence-electron chi connectivity index (χ1n) is 5.15. The summed E-state index contributed by atoms with van der Waals surface area (Å²) in [5.74, 6) is -0.0703. The third-order valence-corrected chi connectivity index (χ3v) is 2.13. The third kappa shape index (κ3) is 2.76. The van der Waals surface area contributed by atoms with Crippen LogP contribution in [-0.4, -0.2) is 26.3 Å². The maximum absolute atomic E-state index is 11.7. The Balaban J connectivity index is 2.03. The number of amides is 1. The van der Waals surface area contributed by atoms with Crippen LogP contribution >= 0.6 is 0 Å². The van der Waals surface area contributed by atoms with Crippen LogP contribution in [-0.2, 0) is 6.54 Å². The van der Waals surface area contributed by atoms with Gasteiger partial charge in [-0.3, -0.25) is 4.79 Å². The normalized spacial score (nSPS) is 10.3. The molecule has 0 aliphatic heterocycles. The van der Waals surface area contributed by atoms with Crippen LogP contribution in [0.25, 0.3) is 0 Å². The van der Waals surface area contributed by atoms with Crippen molar-refractivity contribution in [2.75, 3.05) is 0 Å². The fraction of sp³-hybridized carbons (Fsp3) is 0.182. The lowest BCUT2D eigenvalue weighted by Crippen LogP contribution is -2.22. The highest BCUT2D eigenvalue weighted by Crippen LogP contribution is 2.20. The standard InChI is InChI=1S/C11H11N3O4/c1-6-13-10(18-14-6)5-12-11(17)7-2-8(15)4-9(16)3-7/h2-4,15-16H,5H2,1H3,(H,12,17). The van der Waals surface area contributed by atoms with Crippen molar-refractivity contribution >= 4 is 5.91 Å². The Bertz CT molecular complexity index is 559. The quantitative estimate of drug-likeness (QED) is 0.739. The number of aromatic hydroxyl groups is 2. The first-order valence-corrected chi connectivity index (χ1v) is 5.15. The zero-order chi connectivity index (χ0) is 13.1. The monoisotopic (exact) mass is 249 g/mol. The predicted octanol–water partition coefficient (Wildman–Crippen LogP) is 0.719. The number of carbonyl (C=O) groups excluding carboxylic acids is 1.